The fourth-order valence-corrected chi connectivity index (χ4v) is 2.67. The first-order valence-electron chi connectivity index (χ1n) is 8.18. The second-order valence-electron chi connectivity index (χ2n) is 5.96. The van der Waals surface area contributed by atoms with Crippen molar-refractivity contribution >= 4 is 17.6 Å². The second kappa shape index (κ2) is 8.78. The normalized spacial score (nSPS) is 11.8. The van der Waals surface area contributed by atoms with E-state index in [4.69, 9.17) is 5.73 Å². The Labute approximate surface area is 147 Å². The van der Waals surface area contributed by atoms with Gasteiger partial charge in [-0.15, -0.1) is 0 Å². The predicted octanol–water partition coefficient (Wildman–Crippen LogP) is 2.16. The molecule has 0 bridgehead atoms. The van der Waals surface area contributed by atoms with Gasteiger partial charge >= 0.3 is 0 Å². The molecule has 0 saturated carbocycles. The van der Waals surface area contributed by atoms with Gasteiger partial charge in [-0.1, -0.05) is 60.7 Å². The van der Waals surface area contributed by atoms with Crippen molar-refractivity contribution in [2.45, 2.75) is 31.7 Å². The second-order valence-corrected chi connectivity index (χ2v) is 5.96. The number of carbonyl (C=O) groups is 3. The highest BCUT2D eigenvalue weighted by atomic mass is 16.2. The molecule has 3 N–H and O–H groups in total. The lowest BCUT2D eigenvalue weighted by Gasteiger charge is -2.21. The fraction of sp³-hybridized carbons (Fsp3) is 0.250. The monoisotopic (exact) mass is 338 g/mol. The maximum Gasteiger partial charge on any atom is 0.240 e. The Morgan fingerprint density at radius 2 is 1.40 bits per heavy atom. The summed E-state index contributed by atoms with van der Waals surface area (Å²) >= 11 is 0. The van der Waals surface area contributed by atoms with Gasteiger partial charge in [-0.25, -0.2) is 0 Å². The largest absolute Gasteiger partial charge is 0.368 e. The quantitative estimate of drug-likeness (QED) is 0.773. The zero-order valence-electron chi connectivity index (χ0n) is 14.1. The molecule has 1 atom stereocenters. The zero-order valence-corrected chi connectivity index (χ0v) is 14.1. The van der Waals surface area contributed by atoms with Gasteiger partial charge in [-0.2, -0.15) is 0 Å². The van der Waals surface area contributed by atoms with Crippen LogP contribution in [0.25, 0.3) is 0 Å². The lowest BCUT2D eigenvalue weighted by atomic mass is 9.90. The minimum Gasteiger partial charge on any atom is -0.368 e. The number of nitrogens with two attached hydrogens (primary N) is 1. The van der Waals surface area contributed by atoms with E-state index in [0.717, 1.165) is 11.1 Å². The lowest BCUT2D eigenvalue weighted by molar-refractivity contribution is -0.128. The molecular weight excluding hydrogens is 316 g/mol. The number of hydrogen-bond donors (Lipinski definition) is 2. The Balaban J connectivity index is 2.26. The molecule has 0 saturated heterocycles. The molecule has 5 nitrogen and oxygen atoms in total. The molecule has 2 aromatic rings. The summed E-state index contributed by atoms with van der Waals surface area (Å²) in [6.45, 7) is 1.44. The van der Waals surface area contributed by atoms with E-state index >= 15 is 0 Å². The maximum atomic E-state index is 12.9. The summed E-state index contributed by atoms with van der Waals surface area (Å²) < 4.78 is 0. The number of benzene rings is 2. The molecule has 0 unspecified atom stereocenters. The van der Waals surface area contributed by atoms with E-state index in [1.165, 1.54) is 6.92 Å². The number of carbonyl (C=O) groups excluding carboxylic acids is 3. The van der Waals surface area contributed by atoms with Crippen LogP contribution in [0, 0.1) is 0 Å². The van der Waals surface area contributed by atoms with Crippen molar-refractivity contribution in [1.29, 1.82) is 0 Å². The van der Waals surface area contributed by atoms with E-state index in [1.54, 1.807) is 0 Å². The Bertz CT molecular complexity index is 690. The van der Waals surface area contributed by atoms with Crippen LogP contribution in [0.4, 0.5) is 0 Å². The number of nitrogens with one attached hydrogen (secondary N) is 1. The van der Waals surface area contributed by atoms with Crippen LogP contribution in [0.3, 0.4) is 0 Å². The van der Waals surface area contributed by atoms with Crippen LogP contribution in [-0.2, 0) is 14.4 Å². The van der Waals surface area contributed by atoms with Crippen LogP contribution in [0.1, 0.15) is 36.8 Å². The van der Waals surface area contributed by atoms with Crippen LogP contribution in [0.2, 0.25) is 0 Å². The predicted molar refractivity (Wildman–Crippen MR) is 95.8 cm³/mol. The molecule has 25 heavy (non-hydrogen) atoms. The smallest absolute Gasteiger partial charge is 0.240 e. The molecule has 2 amide bonds. The van der Waals surface area contributed by atoms with E-state index < -0.39 is 17.9 Å². The van der Waals surface area contributed by atoms with Gasteiger partial charge in [0.25, 0.3) is 0 Å². The van der Waals surface area contributed by atoms with Crippen LogP contribution in [0.5, 0.6) is 0 Å². The summed E-state index contributed by atoms with van der Waals surface area (Å²) in [5.41, 5.74) is 7.02. The van der Waals surface area contributed by atoms with Crippen molar-refractivity contribution in [2.24, 2.45) is 5.73 Å². The highest BCUT2D eigenvalue weighted by Gasteiger charge is 2.26. The number of hydrogen-bond acceptors (Lipinski definition) is 3. The third kappa shape index (κ3) is 5.28. The third-order valence-corrected chi connectivity index (χ3v) is 3.97. The SMILES string of the molecule is CC(=O)CC[C@H](NC(=O)C(c1ccccc1)c1ccccc1)C(N)=O. The Morgan fingerprint density at radius 1 is 0.920 bits per heavy atom. The van der Waals surface area contributed by atoms with Gasteiger partial charge in [-0.3, -0.25) is 9.59 Å². The number of ketones is 1. The summed E-state index contributed by atoms with van der Waals surface area (Å²) in [7, 11) is 0. The Kier molecular flexibility index (Phi) is 6.46. The van der Waals surface area contributed by atoms with Gasteiger partial charge < -0.3 is 15.8 Å². The molecule has 5 heteroatoms. The van der Waals surface area contributed by atoms with Gasteiger partial charge in [-0.05, 0) is 24.5 Å². The third-order valence-electron chi connectivity index (χ3n) is 3.97. The minimum absolute atomic E-state index is 0.0526. The molecule has 0 aromatic heterocycles. The van der Waals surface area contributed by atoms with E-state index in [0.29, 0.717) is 0 Å². The van der Waals surface area contributed by atoms with Crippen molar-refractivity contribution in [1.82, 2.24) is 5.32 Å². The van der Waals surface area contributed by atoms with Gasteiger partial charge in [0, 0.05) is 6.42 Å². The fourth-order valence-electron chi connectivity index (χ4n) is 2.67. The average molecular weight is 338 g/mol. The van der Waals surface area contributed by atoms with Crippen molar-refractivity contribution < 1.29 is 14.4 Å². The number of Topliss-reactive ketones (excluding diaryl/α,β-unsaturated/α-hetero) is 1. The molecule has 0 radical (unpaired) electrons. The number of amides is 2. The van der Waals surface area contributed by atoms with E-state index in [1.807, 2.05) is 60.7 Å². The van der Waals surface area contributed by atoms with Crippen molar-refractivity contribution in [3.05, 3.63) is 71.8 Å². The van der Waals surface area contributed by atoms with Crippen LogP contribution < -0.4 is 11.1 Å². The van der Waals surface area contributed by atoms with E-state index in [-0.39, 0.29) is 24.5 Å². The molecular formula is C20H22N2O3. The van der Waals surface area contributed by atoms with Crippen LogP contribution >= 0.6 is 0 Å². The molecule has 0 fully saturated rings. The Hall–Kier alpha value is -2.95. The lowest BCUT2D eigenvalue weighted by Crippen LogP contribution is -2.46. The standard InChI is InChI=1S/C20H22N2O3/c1-14(23)12-13-17(19(21)24)22-20(25)18(15-8-4-2-5-9-15)16-10-6-3-7-11-16/h2-11,17-18H,12-13H2,1H3,(H2,21,24)(H,22,25)/t17-/m0/s1. The summed E-state index contributed by atoms with van der Waals surface area (Å²) in [6, 6.07) is 17.8. The maximum absolute atomic E-state index is 12.9. The summed E-state index contributed by atoms with van der Waals surface area (Å²) in [6.07, 6.45) is 0.391. The van der Waals surface area contributed by atoms with Crippen molar-refractivity contribution in [2.75, 3.05) is 0 Å². The highest BCUT2D eigenvalue weighted by molar-refractivity contribution is 5.92. The molecule has 0 spiro atoms. The number of rotatable bonds is 8. The molecule has 0 aliphatic heterocycles. The summed E-state index contributed by atoms with van der Waals surface area (Å²) in [4.78, 5) is 35.7. The minimum atomic E-state index is -0.869. The first-order valence-corrected chi connectivity index (χ1v) is 8.18. The van der Waals surface area contributed by atoms with E-state index in [2.05, 4.69) is 5.32 Å². The van der Waals surface area contributed by atoms with Crippen LogP contribution in [0.15, 0.2) is 60.7 Å². The topological polar surface area (TPSA) is 89.3 Å². The van der Waals surface area contributed by atoms with E-state index in [9.17, 15) is 14.4 Å². The first kappa shape index (κ1) is 18.4. The summed E-state index contributed by atoms with van der Waals surface area (Å²) in [5, 5.41) is 2.70. The number of primary amides is 1. The Morgan fingerprint density at radius 3 is 1.80 bits per heavy atom. The van der Waals surface area contributed by atoms with Gasteiger partial charge in [0.05, 0.1) is 5.92 Å². The van der Waals surface area contributed by atoms with Gasteiger partial charge in [0.15, 0.2) is 0 Å². The molecule has 130 valence electrons. The molecule has 0 heterocycles. The summed E-state index contributed by atoms with van der Waals surface area (Å²) in [5.74, 6) is -1.57. The zero-order chi connectivity index (χ0) is 18.2. The van der Waals surface area contributed by atoms with Crippen molar-refractivity contribution in [3.63, 3.8) is 0 Å². The molecule has 2 rings (SSSR count). The average Bonchev–Trinajstić information content (AvgIpc) is 2.60. The first-order chi connectivity index (χ1) is 12.0. The molecule has 2 aromatic carbocycles. The van der Waals surface area contributed by atoms with Crippen molar-refractivity contribution in [3.8, 4) is 0 Å². The molecule has 0 aliphatic carbocycles. The highest BCUT2D eigenvalue weighted by Crippen LogP contribution is 2.25. The van der Waals surface area contributed by atoms with Gasteiger partial charge in [0.1, 0.15) is 11.8 Å². The van der Waals surface area contributed by atoms with Gasteiger partial charge in [0.2, 0.25) is 11.8 Å². The molecule has 0 aliphatic rings. The van der Waals surface area contributed by atoms with Crippen LogP contribution in [-0.4, -0.2) is 23.6 Å².